The minimum absolute atomic E-state index is 0.401. The molecule has 0 aromatic carbocycles. The van der Waals surface area contributed by atoms with E-state index in [0.29, 0.717) is 10.6 Å². The summed E-state index contributed by atoms with van der Waals surface area (Å²) in [6.07, 6.45) is 0. The molecule has 0 rings (SSSR count). The first-order valence-corrected chi connectivity index (χ1v) is 11.2. The van der Waals surface area contributed by atoms with E-state index < -0.39 is 20.7 Å². The summed E-state index contributed by atoms with van der Waals surface area (Å²) in [6, 6.07) is 0. The maximum absolute atomic E-state index is 5.91. The number of hydrogen-bond acceptors (Lipinski definition) is 0. The van der Waals surface area contributed by atoms with Crippen molar-refractivity contribution in [2.75, 3.05) is 0 Å². The Morgan fingerprint density at radius 2 is 1.09 bits per heavy atom. The first-order chi connectivity index (χ1) is 4.83. The monoisotopic (exact) mass is 344 g/mol. The summed E-state index contributed by atoms with van der Waals surface area (Å²) in [5.41, 5.74) is 0. The molecule has 0 fully saturated rings. The molecule has 0 aliphatic rings. The van der Waals surface area contributed by atoms with Gasteiger partial charge in [-0.05, 0) is 0 Å². The summed E-state index contributed by atoms with van der Waals surface area (Å²) < 4.78 is 0. The van der Waals surface area contributed by atoms with E-state index in [1.165, 1.54) is 0 Å². The Hall–Kier alpha value is 2.26. The van der Waals surface area contributed by atoms with Crippen molar-refractivity contribution in [2.24, 2.45) is 0 Å². The summed E-state index contributed by atoms with van der Waals surface area (Å²) in [6.45, 7) is 0. The third kappa shape index (κ3) is 8.59. The van der Waals surface area contributed by atoms with Crippen molar-refractivity contribution in [2.45, 2.75) is 20.3 Å². The van der Waals surface area contributed by atoms with Crippen LogP contribution in [0.3, 0.4) is 0 Å². The van der Waals surface area contributed by atoms with Gasteiger partial charge in [-0.3, -0.25) is 0 Å². The fourth-order valence-electron chi connectivity index (χ4n) is 0.437. The Balaban J connectivity index is 3.79. The van der Waals surface area contributed by atoms with E-state index in [1.807, 2.05) is 0 Å². The van der Waals surface area contributed by atoms with Crippen LogP contribution >= 0.6 is 66.6 Å². The van der Waals surface area contributed by atoms with E-state index in [0.717, 1.165) is 0 Å². The van der Waals surface area contributed by atoms with Crippen LogP contribution in [0.2, 0.25) is 10.6 Å². The van der Waals surface area contributed by atoms with Crippen molar-refractivity contribution in [3.63, 3.8) is 0 Å². The van der Waals surface area contributed by atoms with Gasteiger partial charge in [0.2, 0.25) is 0 Å². The molecule has 0 aromatic heterocycles. The summed E-state index contributed by atoms with van der Waals surface area (Å²) in [4.78, 5) is -1.06. The second-order valence-corrected chi connectivity index (χ2v) is 15.7. The van der Waals surface area contributed by atoms with E-state index >= 15 is 0 Å². The fraction of sp³-hybridized carbons (Fsp3) is 1.00. The van der Waals surface area contributed by atoms with Gasteiger partial charge >= 0.3 is 97.9 Å². The van der Waals surface area contributed by atoms with Crippen LogP contribution in [0.25, 0.3) is 0 Å². The van der Waals surface area contributed by atoms with Gasteiger partial charge in [0, 0.05) is 0 Å². The third-order valence-electron chi connectivity index (χ3n) is 0.740. The predicted octanol–water partition coefficient (Wildman–Crippen LogP) is 4.51. The molecular formula is C4H6Cl6Se. The SMILES string of the molecule is ClC(Cl)C[Se](Cl)(Cl)CC(Cl)Cl. The van der Waals surface area contributed by atoms with Crippen LogP contribution in [0.5, 0.6) is 0 Å². The number of rotatable bonds is 4. The zero-order valence-corrected chi connectivity index (χ0v) is 11.5. The molecule has 0 aliphatic heterocycles. The van der Waals surface area contributed by atoms with Crippen molar-refractivity contribution >= 4 is 77.6 Å². The molecule has 0 saturated heterocycles. The summed E-state index contributed by atoms with van der Waals surface area (Å²) in [7, 11) is 11.8. The van der Waals surface area contributed by atoms with Crippen LogP contribution in [0.15, 0.2) is 0 Å². The van der Waals surface area contributed by atoms with Crippen LogP contribution < -0.4 is 0 Å². The molecule has 0 bridgehead atoms. The van der Waals surface area contributed by atoms with Crippen LogP contribution in [0.4, 0.5) is 0 Å². The topological polar surface area (TPSA) is 0 Å². The number of alkyl halides is 4. The Morgan fingerprint density at radius 3 is 1.27 bits per heavy atom. The van der Waals surface area contributed by atoms with Crippen molar-refractivity contribution in [3.8, 4) is 0 Å². The Morgan fingerprint density at radius 1 is 0.818 bits per heavy atom. The van der Waals surface area contributed by atoms with Gasteiger partial charge in [-0.25, -0.2) is 0 Å². The first kappa shape index (κ1) is 13.3. The van der Waals surface area contributed by atoms with Crippen LogP contribution in [-0.4, -0.2) is 20.7 Å². The second-order valence-electron chi connectivity index (χ2n) is 1.81. The Bertz CT molecular complexity index is 101. The average Bonchev–Trinajstić information content (AvgIpc) is 1.53. The standard InChI is InChI=1S/C4H6Cl6Se/c5-3(6)1-11(9,10)2-4(7)8/h3-4H,1-2H2. The summed E-state index contributed by atoms with van der Waals surface area (Å²) in [5.74, 6) is 0. The molecule has 11 heavy (non-hydrogen) atoms. The van der Waals surface area contributed by atoms with E-state index in [2.05, 4.69) is 0 Å². The summed E-state index contributed by atoms with van der Waals surface area (Å²) >= 11 is 19.4. The molecule has 0 radical (unpaired) electrons. The normalized spacial score (nSPS) is 14.5. The molecule has 0 saturated carbocycles. The quantitative estimate of drug-likeness (QED) is 0.519. The summed E-state index contributed by atoms with van der Waals surface area (Å²) in [5, 5.41) is 0.803. The van der Waals surface area contributed by atoms with Crippen molar-refractivity contribution in [1.29, 1.82) is 0 Å². The van der Waals surface area contributed by atoms with Crippen molar-refractivity contribution < 1.29 is 0 Å². The molecule has 0 N–H and O–H groups in total. The van der Waals surface area contributed by atoms with E-state index in [1.54, 1.807) is 0 Å². The fourth-order valence-corrected chi connectivity index (χ4v) is 12.0. The van der Waals surface area contributed by atoms with Crippen LogP contribution in [-0.2, 0) is 0 Å². The van der Waals surface area contributed by atoms with Crippen LogP contribution in [0.1, 0.15) is 0 Å². The van der Waals surface area contributed by atoms with E-state index in [4.69, 9.17) is 66.6 Å². The van der Waals surface area contributed by atoms with Crippen molar-refractivity contribution in [3.05, 3.63) is 0 Å². The molecule has 7 heteroatoms. The number of halogens is 6. The average molecular weight is 346 g/mol. The van der Waals surface area contributed by atoms with Gasteiger partial charge in [0.25, 0.3) is 0 Å². The van der Waals surface area contributed by atoms with E-state index in [-0.39, 0.29) is 0 Å². The van der Waals surface area contributed by atoms with Gasteiger partial charge in [0.05, 0.1) is 0 Å². The van der Waals surface area contributed by atoms with Gasteiger partial charge < -0.3 is 0 Å². The van der Waals surface area contributed by atoms with Gasteiger partial charge in [-0.15, -0.1) is 0 Å². The molecule has 70 valence electrons. The molecule has 0 nitrogen and oxygen atoms in total. The molecule has 0 aromatic rings. The zero-order valence-electron chi connectivity index (χ0n) is 5.24. The second kappa shape index (κ2) is 5.88. The van der Waals surface area contributed by atoms with Crippen LogP contribution in [0, 0.1) is 0 Å². The Labute approximate surface area is 97.1 Å². The van der Waals surface area contributed by atoms with Gasteiger partial charge in [-0.2, -0.15) is 0 Å². The third-order valence-corrected chi connectivity index (χ3v) is 9.08. The molecule has 0 unspecified atom stereocenters. The predicted molar refractivity (Wildman–Crippen MR) is 58.1 cm³/mol. The van der Waals surface area contributed by atoms with E-state index in [9.17, 15) is 0 Å². The van der Waals surface area contributed by atoms with Gasteiger partial charge in [0.1, 0.15) is 0 Å². The minimum atomic E-state index is -2.58. The molecule has 0 atom stereocenters. The molecule has 0 amide bonds. The van der Waals surface area contributed by atoms with Gasteiger partial charge in [-0.1, -0.05) is 0 Å². The maximum atomic E-state index is 5.91. The van der Waals surface area contributed by atoms with Crippen molar-refractivity contribution in [1.82, 2.24) is 0 Å². The molecule has 0 heterocycles. The number of hydrogen-bond donors (Lipinski definition) is 0. The zero-order chi connectivity index (χ0) is 9.07. The first-order valence-electron chi connectivity index (χ1n) is 2.58. The van der Waals surface area contributed by atoms with Gasteiger partial charge in [0.15, 0.2) is 0 Å². The molecular weight excluding hydrogens is 340 g/mol. The molecule has 0 aliphatic carbocycles. The Kier molecular flexibility index (Phi) is 7.09. The molecule has 0 spiro atoms.